The molecule has 3 heterocycles. The molecule has 0 saturated carbocycles. The molecular formula is C21H41N5. The highest BCUT2D eigenvalue weighted by Gasteiger charge is 2.39. The largest absolute Gasteiger partial charge is 0.357 e. The SMILES string of the molecule is CCNC(=NCC1(N2CCCCC2)CCN(C)CC1)N1CCCC(C)C1. The van der Waals surface area contributed by atoms with Crippen LogP contribution >= 0.6 is 0 Å². The molecule has 0 spiro atoms. The molecule has 3 aliphatic heterocycles. The average Bonchev–Trinajstić information content (AvgIpc) is 2.67. The average molecular weight is 364 g/mol. The van der Waals surface area contributed by atoms with E-state index in [0.29, 0.717) is 0 Å². The van der Waals surface area contributed by atoms with E-state index >= 15 is 0 Å². The zero-order chi connectivity index (χ0) is 18.4. The van der Waals surface area contributed by atoms with Crippen LogP contribution in [0, 0.1) is 5.92 Å². The molecule has 3 saturated heterocycles. The van der Waals surface area contributed by atoms with Crippen LogP contribution in [0.3, 0.4) is 0 Å². The molecule has 0 radical (unpaired) electrons. The molecule has 0 aliphatic carbocycles. The van der Waals surface area contributed by atoms with Crippen LogP contribution in [-0.2, 0) is 0 Å². The fourth-order valence-corrected chi connectivity index (χ4v) is 5.01. The number of guanidine groups is 1. The molecule has 3 fully saturated rings. The molecule has 0 bridgehead atoms. The summed E-state index contributed by atoms with van der Waals surface area (Å²) in [5, 5.41) is 3.59. The van der Waals surface area contributed by atoms with Crippen molar-refractivity contribution in [3.05, 3.63) is 0 Å². The highest BCUT2D eigenvalue weighted by Crippen LogP contribution is 2.32. The van der Waals surface area contributed by atoms with Gasteiger partial charge >= 0.3 is 0 Å². The third-order valence-corrected chi connectivity index (χ3v) is 6.76. The molecule has 3 aliphatic rings. The van der Waals surface area contributed by atoms with Gasteiger partial charge in [-0.05, 0) is 84.6 Å². The number of rotatable bonds is 4. The van der Waals surface area contributed by atoms with Crippen molar-refractivity contribution in [3.63, 3.8) is 0 Å². The first kappa shape index (κ1) is 19.9. The van der Waals surface area contributed by atoms with Crippen LogP contribution in [0.4, 0.5) is 0 Å². The predicted molar refractivity (Wildman–Crippen MR) is 111 cm³/mol. The lowest BCUT2D eigenvalue weighted by molar-refractivity contribution is 0.0206. The maximum Gasteiger partial charge on any atom is 0.193 e. The Kier molecular flexibility index (Phi) is 7.21. The monoisotopic (exact) mass is 363 g/mol. The Labute approximate surface area is 161 Å². The fourth-order valence-electron chi connectivity index (χ4n) is 5.01. The van der Waals surface area contributed by atoms with Gasteiger partial charge in [0.05, 0.1) is 6.54 Å². The molecule has 0 amide bonds. The van der Waals surface area contributed by atoms with Crippen LogP contribution < -0.4 is 5.32 Å². The minimum Gasteiger partial charge on any atom is -0.357 e. The van der Waals surface area contributed by atoms with Gasteiger partial charge in [0.2, 0.25) is 0 Å². The Balaban J connectivity index is 1.74. The lowest BCUT2D eigenvalue weighted by Crippen LogP contribution is -2.58. The standard InChI is InChI=1S/C21H41N5/c1-4-22-20(25-12-8-9-19(2)17-25)23-18-21(10-15-24(3)16-11-21)26-13-6-5-7-14-26/h19H,4-18H2,1-3H3,(H,22,23). The highest BCUT2D eigenvalue weighted by atomic mass is 15.3. The molecule has 5 nitrogen and oxygen atoms in total. The molecule has 0 aromatic rings. The van der Waals surface area contributed by atoms with E-state index < -0.39 is 0 Å². The zero-order valence-corrected chi connectivity index (χ0v) is 17.5. The Hall–Kier alpha value is -0.810. The van der Waals surface area contributed by atoms with E-state index in [2.05, 4.69) is 40.9 Å². The van der Waals surface area contributed by atoms with Crippen molar-refractivity contribution in [1.29, 1.82) is 0 Å². The number of hydrogen-bond donors (Lipinski definition) is 1. The lowest BCUT2D eigenvalue weighted by Gasteiger charge is -2.49. The first-order valence-electron chi connectivity index (χ1n) is 11.1. The van der Waals surface area contributed by atoms with Crippen molar-refractivity contribution in [2.24, 2.45) is 10.9 Å². The third kappa shape index (κ3) is 4.92. The van der Waals surface area contributed by atoms with Crippen molar-refractivity contribution in [1.82, 2.24) is 20.0 Å². The highest BCUT2D eigenvalue weighted by molar-refractivity contribution is 5.80. The van der Waals surface area contributed by atoms with E-state index in [1.165, 1.54) is 71.1 Å². The van der Waals surface area contributed by atoms with E-state index in [0.717, 1.165) is 38.1 Å². The van der Waals surface area contributed by atoms with E-state index in [9.17, 15) is 0 Å². The third-order valence-electron chi connectivity index (χ3n) is 6.76. The van der Waals surface area contributed by atoms with Gasteiger partial charge in [-0.15, -0.1) is 0 Å². The molecule has 5 heteroatoms. The molecule has 3 rings (SSSR count). The number of likely N-dealkylation sites (tertiary alicyclic amines) is 3. The Morgan fingerprint density at radius 1 is 1.04 bits per heavy atom. The summed E-state index contributed by atoms with van der Waals surface area (Å²) >= 11 is 0. The first-order chi connectivity index (χ1) is 12.6. The molecule has 26 heavy (non-hydrogen) atoms. The van der Waals surface area contributed by atoms with Crippen molar-refractivity contribution >= 4 is 5.96 Å². The summed E-state index contributed by atoms with van der Waals surface area (Å²) in [5.74, 6) is 1.95. The number of nitrogens with one attached hydrogen (secondary N) is 1. The molecule has 0 aromatic carbocycles. The number of aliphatic imine (C=N–C) groups is 1. The van der Waals surface area contributed by atoms with Crippen LogP contribution in [0.2, 0.25) is 0 Å². The normalized spacial score (nSPS) is 29.0. The van der Waals surface area contributed by atoms with E-state index in [4.69, 9.17) is 4.99 Å². The van der Waals surface area contributed by atoms with E-state index in [1.807, 2.05) is 0 Å². The molecule has 150 valence electrons. The maximum atomic E-state index is 5.24. The summed E-state index contributed by atoms with van der Waals surface area (Å²) in [4.78, 5) is 13.0. The topological polar surface area (TPSA) is 34.1 Å². The molecular weight excluding hydrogens is 322 g/mol. The Bertz CT molecular complexity index is 449. The molecule has 0 aromatic heterocycles. The number of hydrogen-bond acceptors (Lipinski definition) is 3. The maximum absolute atomic E-state index is 5.24. The minimum absolute atomic E-state index is 0.287. The number of piperidine rings is 3. The van der Waals surface area contributed by atoms with Crippen LogP contribution in [0.5, 0.6) is 0 Å². The van der Waals surface area contributed by atoms with Gasteiger partial charge in [-0.3, -0.25) is 9.89 Å². The van der Waals surface area contributed by atoms with Gasteiger partial charge in [-0.1, -0.05) is 13.3 Å². The molecule has 1 atom stereocenters. The molecule has 1 N–H and O–H groups in total. The summed E-state index contributed by atoms with van der Waals surface area (Å²) in [7, 11) is 2.27. The van der Waals surface area contributed by atoms with Gasteiger partial charge < -0.3 is 15.1 Å². The van der Waals surface area contributed by atoms with Crippen LogP contribution in [0.1, 0.15) is 58.8 Å². The summed E-state index contributed by atoms with van der Waals surface area (Å²) in [5.41, 5.74) is 0.287. The summed E-state index contributed by atoms with van der Waals surface area (Å²) in [6.45, 7) is 13.8. The lowest BCUT2D eigenvalue weighted by atomic mass is 9.84. The quantitative estimate of drug-likeness (QED) is 0.615. The zero-order valence-electron chi connectivity index (χ0n) is 17.5. The predicted octanol–water partition coefficient (Wildman–Crippen LogP) is 2.63. The van der Waals surface area contributed by atoms with Crippen molar-refractivity contribution in [2.45, 2.75) is 64.3 Å². The Morgan fingerprint density at radius 2 is 1.77 bits per heavy atom. The van der Waals surface area contributed by atoms with Gasteiger partial charge in [0.1, 0.15) is 0 Å². The van der Waals surface area contributed by atoms with Crippen LogP contribution in [0.15, 0.2) is 4.99 Å². The van der Waals surface area contributed by atoms with Crippen LogP contribution in [-0.4, -0.2) is 85.6 Å². The van der Waals surface area contributed by atoms with E-state index in [1.54, 1.807) is 0 Å². The van der Waals surface area contributed by atoms with Gasteiger partial charge in [-0.2, -0.15) is 0 Å². The first-order valence-corrected chi connectivity index (χ1v) is 11.1. The minimum atomic E-state index is 0.287. The van der Waals surface area contributed by atoms with Gasteiger partial charge in [0.15, 0.2) is 5.96 Å². The number of nitrogens with zero attached hydrogens (tertiary/aromatic N) is 4. The van der Waals surface area contributed by atoms with Gasteiger partial charge in [0, 0.05) is 25.2 Å². The van der Waals surface area contributed by atoms with Crippen LogP contribution in [0.25, 0.3) is 0 Å². The fraction of sp³-hybridized carbons (Fsp3) is 0.952. The van der Waals surface area contributed by atoms with Crippen molar-refractivity contribution in [2.75, 3.05) is 59.4 Å². The van der Waals surface area contributed by atoms with Crippen molar-refractivity contribution in [3.8, 4) is 0 Å². The van der Waals surface area contributed by atoms with Gasteiger partial charge in [0.25, 0.3) is 0 Å². The summed E-state index contributed by atoms with van der Waals surface area (Å²) in [6.07, 6.45) is 9.33. The van der Waals surface area contributed by atoms with Gasteiger partial charge in [-0.25, -0.2) is 0 Å². The smallest absolute Gasteiger partial charge is 0.193 e. The summed E-state index contributed by atoms with van der Waals surface area (Å²) < 4.78 is 0. The second-order valence-electron chi connectivity index (χ2n) is 8.94. The van der Waals surface area contributed by atoms with Crippen molar-refractivity contribution < 1.29 is 0 Å². The Morgan fingerprint density at radius 3 is 2.42 bits per heavy atom. The molecule has 1 unspecified atom stereocenters. The summed E-state index contributed by atoms with van der Waals surface area (Å²) in [6, 6.07) is 0. The second kappa shape index (κ2) is 9.41. The van der Waals surface area contributed by atoms with E-state index in [-0.39, 0.29) is 5.54 Å². The second-order valence-corrected chi connectivity index (χ2v) is 8.94.